The summed E-state index contributed by atoms with van der Waals surface area (Å²) in [6.45, 7) is 0. The molecule has 0 saturated heterocycles. The average Bonchev–Trinajstić information content (AvgIpc) is 0.811. The van der Waals surface area contributed by atoms with Gasteiger partial charge in [-0.1, -0.05) is 0 Å². The van der Waals surface area contributed by atoms with E-state index in [4.69, 9.17) is 30.3 Å². The Bertz CT molecular complexity index is 14.9. The van der Waals surface area contributed by atoms with E-state index in [9.17, 15) is 0 Å². The Kier molecular flexibility index (Phi) is 53.7. The molecule has 0 atom stereocenters. The predicted octanol–water partition coefficient (Wildman–Crippen LogP) is -0.408. The first kappa shape index (κ1) is 24.0. The van der Waals surface area contributed by atoms with Crippen LogP contribution in [0.1, 0.15) is 0 Å². The molecule has 6 N–H and O–H groups in total. The summed E-state index contributed by atoms with van der Waals surface area (Å²) >= 11 is -0.896. The molecule has 0 amide bonds. The van der Waals surface area contributed by atoms with Gasteiger partial charge in [-0.05, 0) is 0 Å². The SMILES string of the molecule is O.O.O.[Cl][Cu]([Cl])[Cl]. The van der Waals surface area contributed by atoms with E-state index < -0.39 is 11.2 Å². The average molecular weight is 224 g/mol. The van der Waals surface area contributed by atoms with Crippen LogP contribution in [0, 0.1) is 0 Å². The second-order valence-corrected chi connectivity index (χ2v) is 4.80. The van der Waals surface area contributed by atoms with Crippen molar-refractivity contribution in [2.45, 2.75) is 0 Å². The summed E-state index contributed by atoms with van der Waals surface area (Å²) in [6, 6.07) is 0. The first-order chi connectivity index (χ1) is 1.73. The maximum absolute atomic E-state index is 4.83. The predicted molar refractivity (Wildman–Crippen MR) is 28.4 cm³/mol. The van der Waals surface area contributed by atoms with Crippen LogP contribution in [0.4, 0.5) is 0 Å². The Morgan fingerprint density at radius 1 is 0.714 bits per heavy atom. The summed E-state index contributed by atoms with van der Waals surface area (Å²) in [4.78, 5) is 0. The van der Waals surface area contributed by atoms with Crippen molar-refractivity contribution >= 4 is 30.3 Å². The minimum atomic E-state index is -0.896. The third-order valence-corrected chi connectivity index (χ3v) is 0. The molecule has 7 heavy (non-hydrogen) atoms. The maximum atomic E-state index is 4.83. The molecule has 0 rings (SSSR count). The molecule has 0 aromatic heterocycles. The van der Waals surface area contributed by atoms with Crippen LogP contribution in [-0.2, 0) is 11.2 Å². The van der Waals surface area contributed by atoms with E-state index in [-0.39, 0.29) is 16.4 Å². The Balaban J connectivity index is -0.0000000150. The molecular weight excluding hydrogens is 218 g/mol. The van der Waals surface area contributed by atoms with Crippen LogP contribution in [0.2, 0.25) is 0 Å². The molecule has 0 radical (unpaired) electrons. The van der Waals surface area contributed by atoms with Crippen molar-refractivity contribution in [3.63, 3.8) is 0 Å². The molecule has 0 aliphatic carbocycles. The van der Waals surface area contributed by atoms with Crippen LogP contribution < -0.4 is 0 Å². The van der Waals surface area contributed by atoms with Crippen molar-refractivity contribution in [2.75, 3.05) is 0 Å². The second-order valence-electron chi connectivity index (χ2n) is 0.129. The van der Waals surface area contributed by atoms with Crippen molar-refractivity contribution in [3.05, 3.63) is 0 Å². The molecule has 0 aromatic carbocycles. The number of rotatable bonds is 0. The first-order valence-electron chi connectivity index (χ1n) is 0.342. The zero-order valence-corrected chi connectivity index (χ0v) is 6.14. The van der Waals surface area contributed by atoms with Gasteiger partial charge in [-0.2, -0.15) is 0 Å². The van der Waals surface area contributed by atoms with E-state index in [0.29, 0.717) is 0 Å². The summed E-state index contributed by atoms with van der Waals surface area (Å²) in [6.07, 6.45) is 0. The molecule has 0 spiro atoms. The van der Waals surface area contributed by atoms with E-state index in [1.165, 1.54) is 0 Å². The molecule has 0 aliphatic heterocycles. The summed E-state index contributed by atoms with van der Waals surface area (Å²) < 4.78 is 0. The number of halogens is 3. The number of hydrogen-bond donors (Lipinski definition) is 0. The van der Waals surface area contributed by atoms with Crippen LogP contribution in [-0.4, -0.2) is 16.4 Å². The van der Waals surface area contributed by atoms with Crippen molar-refractivity contribution in [1.29, 1.82) is 0 Å². The molecule has 0 aliphatic rings. The number of hydrogen-bond acceptors (Lipinski definition) is 0. The zero-order valence-electron chi connectivity index (χ0n) is 2.94. The second kappa shape index (κ2) is 15.7. The molecular formula is H6Cl3CuO3. The standard InChI is InChI=1S/3ClH.Cu.3H2O/h3*1H;;3*1H2/q;;;+3;;;/p-3. The molecule has 0 saturated carbocycles. The van der Waals surface area contributed by atoms with Gasteiger partial charge < -0.3 is 16.4 Å². The summed E-state index contributed by atoms with van der Waals surface area (Å²) in [5, 5.41) is 0. The van der Waals surface area contributed by atoms with Gasteiger partial charge in [-0.15, -0.1) is 0 Å². The van der Waals surface area contributed by atoms with Gasteiger partial charge in [0.1, 0.15) is 0 Å². The van der Waals surface area contributed by atoms with Crippen molar-refractivity contribution in [3.8, 4) is 0 Å². The van der Waals surface area contributed by atoms with E-state index >= 15 is 0 Å². The van der Waals surface area contributed by atoms with E-state index in [0.717, 1.165) is 0 Å². The molecule has 7 heteroatoms. The third-order valence-electron chi connectivity index (χ3n) is 0. The van der Waals surface area contributed by atoms with Crippen LogP contribution in [0.25, 0.3) is 0 Å². The van der Waals surface area contributed by atoms with Gasteiger partial charge >= 0.3 is 41.5 Å². The Labute approximate surface area is 58.0 Å². The van der Waals surface area contributed by atoms with Crippen LogP contribution in [0.5, 0.6) is 0 Å². The summed E-state index contributed by atoms with van der Waals surface area (Å²) in [7, 11) is 14.5. The Hall–Kier alpha value is 1.27. The van der Waals surface area contributed by atoms with Crippen LogP contribution >= 0.6 is 30.3 Å². The van der Waals surface area contributed by atoms with Gasteiger partial charge in [0, 0.05) is 0 Å². The van der Waals surface area contributed by atoms with E-state index in [1.807, 2.05) is 0 Å². The van der Waals surface area contributed by atoms with Crippen molar-refractivity contribution in [1.82, 2.24) is 0 Å². The first-order valence-corrected chi connectivity index (χ1v) is 4.23. The van der Waals surface area contributed by atoms with Gasteiger partial charge in [0.25, 0.3) is 0 Å². The fourth-order valence-electron chi connectivity index (χ4n) is 0. The van der Waals surface area contributed by atoms with E-state index in [2.05, 4.69) is 0 Å². The van der Waals surface area contributed by atoms with Gasteiger partial charge in [-0.3, -0.25) is 0 Å². The summed E-state index contributed by atoms with van der Waals surface area (Å²) in [5.41, 5.74) is 0. The minimum absolute atomic E-state index is 0. The zero-order chi connectivity index (χ0) is 3.58. The molecule has 0 fully saturated rings. The van der Waals surface area contributed by atoms with Crippen molar-refractivity contribution < 1.29 is 27.6 Å². The van der Waals surface area contributed by atoms with Crippen LogP contribution in [0.15, 0.2) is 0 Å². The van der Waals surface area contributed by atoms with Gasteiger partial charge in [-0.25, -0.2) is 0 Å². The van der Waals surface area contributed by atoms with Gasteiger partial charge in [0.15, 0.2) is 0 Å². The molecule has 56 valence electrons. The Morgan fingerprint density at radius 2 is 0.714 bits per heavy atom. The molecule has 0 heterocycles. The van der Waals surface area contributed by atoms with Crippen molar-refractivity contribution in [2.24, 2.45) is 0 Å². The normalized spacial score (nSPS) is 6.43. The van der Waals surface area contributed by atoms with Crippen LogP contribution in [0.3, 0.4) is 0 Å². The quantitative estimate of drug-likeness (QED) is 0.500. The molecule has 0 aromatic rings. The van der Waals surface area contributed by atoms with Gasteiger partial charge in [0.05, 0.1) is 0 Å². The van der Waals surface area contributed by atoms with E-state index in [1.54, 1.807) is 0 Å². The molecule has 0 unspecified atom stereocenters. The monoisotopic (exact) mass is 222 g/mol. The topological polar surface area (TPSA) is 94.5 Å². The molecule has 0 bridgehead atoms. The third kappa shape index (κ3) is 125. The Morgan fingerprint density at radius 3 is 0.714 bits per heavy atom. The van der Waals surface area contributed by atoms with Gasteiger partial charge in [0.2, 0.25) is 0 Å². The summed E-state index contributed by atoms with van der Waals surface area (Å²) in [5.74, 6) is 0. The fraction of sp³-hybridized carbons (Fsp3) is 0. The fourth-order valence-corrected chi connectivity index (χ4v) is 0. The molecule has 3 nitrogen and oxygen atoms in total.